The zero-order chi connectivity index (χ0) is 13.1. The normalized spacial score (nSPS) is 10.6. The molecule has 3 rings (SSSR count). The number of fused-ring (bicyclic) bond motifs is 1. The van der Waals surface area contributed by atoms with E-state index in [0.717, 1.165) is 16.8 Å². The molecule has 0 saturated heterocycles. The van der Waals surface area contributed by atoms with Gasteiger partial charge in [-0.05, 0) is 50.5 Å². The molecule has 0 unspecified atom stereocenters. The number of nitrogens with one attached hydrogen (secondary N) is 1. The van der Waals surface area contributed by atoms with Gasteiger partial charge in [0.05, 0.1) is 11.9 Å². The van der Waals surface area contributed by atoms with Gasteiger partial charge in [-0.2, -0.15) is 0 Å². The summed E-state index contributed by atoms with van der Waals surface area (Å²) in [4.78, 5) is 4.20. The molecule has 3 aromatic rings. The highest BCUT2D eigenvalue weighted by atomic mass is 79.9. The second-order valence-corrected chi connectivity index (χ2v) is 5.22. The van der Waals surface area contributed by atoms with Gasteiger partial charge >= 0.3 is 0 Å². The van der Waals surface area contributed by atoms with Gasteiger partial charge in [-0.3, -0.25) is 0 Å². The minimum absolute atomic E-state index is 0.800. The van der Waals surface area contributed by atoms with Crippen LogP contribution in [0.5, 0.6) is 0 Å². The Bertz CT molecular complexity index is 692. The van der Waals surface area contributed by atoms with E-state index in [4.69, 9.17) is 0 Å². The van der Waals surface area contributed by atoms with Crippen LogP contribution in [0, 0.1) is 0 Å². The summed E-state index contributed by atoms with van der Waals surface area (Å²) < 4.78 is 0.851. The van der Waals surface area contributed by atoms with Gasteiger partial charge in [0.25, 0.3) is 0 Å². The van der Waals surface area contributed by atoms with E-state index in [1.54, 1.807) is 0 Å². The van der Waals surface area contributed by atoms with E-state index in [9.17, 15) is 0 Å². The Morgan fingerprint density at radius 2 is 1.79 bits per heavy atom. The van der Waals surface area contributed by atoms with E-state index >= 15 is 0 Å². The lowest BCUT2D eigenvalue weighted by Crippen LogP contribution is -1.99. The first-order valence-corrected chi connectivity index (χ1v) is 6.94. The van der Waals surface area contributed by atoms with Gasteiger partial charge in [-0.15, -0.1) is 0 Å². The summed E-state index contributed by atoms with van der Waals surface area (Å²) in [6, 6.07) is 18.9. The van der Waals surface area contributed by atoms with Crippen molar-refractivity contribution in [3.63, 3.8) is 0 Å². The standard InChI is InChI=1S/C16H13BrN2/c17-16-8-7-15(11-19-16)18-10-12-5-6-13-3-1-2-4-14(13)9-12/h1-9,11,18H,10H2. The van der Waals surface area contributed by atoms with E-state index in [1.165, 1.54) is 16.3 Å². The average molecular weight is 313 g/mol. The second kappa shape index (κ2) is 5.41. The topological polar surface area (TPSA) is 24.9 Å². The molecule has 1 aromatic heterocycles. The van der Waals surface area contributed by atoms with Crippen LogP contribution in [-0.2, 0) is 6.54 Å². The molecular formula is C16H13BrN2. The SMILES string of the molecule is Brc1ccc(NCc2ccc3ccccc3c2)cn1. The van der Waals surface area contributed by atoms with Crippen LogP contribution in [-0.4, -0.2) is 4.98 Å². The molecule has 0 spiro atoms. The lowest BCUT2D eigenvalue weighted by molar-refractivity contribution is 1.14. The molecule has 0 aliphatic rings. The predicted molar refractivity (Wildman–Crippen MR) is 83.2 cm³/mol. The molecule has 2 nitrogen and oxygen atoms in total. The number of aromatic nitrogens is 1. The van der Waals surface area contributed by atoms with Crippen molar-refractivity contribution >= 4 is 32.4 Å². The van der Waals surface area contributed by atoms with Crippen molar-refractivity contribution < 1.29 is 0 Å². The van der Waals surface area contributed by atoms with Crippen molar-refractivity contribution in [2.24, 2.45) is 0 Å². The van der Waals surface area contributed by atoms with Crippen molar-refractivity contribution in [3.8, 4) is 0 Å². The Morgan fingerprint density at radius 3 is 2.58 bits per heavy atom. The highest BCUT2D eigenvalue weighted by Crippen LogP contribution is 2.17. The molecule has 2 aromatic carbocycles. The summed E-state index contributed by atoms with van der Waals surface area (Å²) >= 11 is 3.33. The maximum absolute atomic E-state index is 4.20. The third kappa shape index (κ3) is 2.93. The van der Waals surface area contributed by atoms with E-state index in [2.05, 4.69) is 68.7 Å². The molecular weight excluding hydrogens is 300 g/mol. The Labute approximate surface area is 120 Å². The van der Waals surface area contributed by atoms with Gasteiger partial charge < -0.3 is 5.32 Å². The van der Waals surface area contributed by atoms with E-state index < -0.39 is 0 Å². The van der Waals surface area contributed by atoms with Gasteiger partial charge in [-0.25, -0.2) is 4.98 Å². The summed E-state index contributed by atoms with van der Waals surface area (Å²) in [5, 5.41) is 5.92. The molecule has 0 saturated carbocycles. The summed E-state index contributed by atoms with van der Waals surface area (Å²) in [7, 11) is 0. The van der Waals surface area contributed by atoms with Crippen molar-refractivity contribution in [3.05, 3.63) is 71.0 Å². The summed E-state index contributed by atoms with van der Waals surface area (Å²) in [5.74, 6) is 0. The van der Waals surface area contributed by atoms with Gasteiger partial charge in [0.1, 0.15) is 4.60 Å². The number of benzene rings is 2. The fourth-order valence-electron chi connectivity index (χ4n) is 2.03. The molecule has 0 radical (unpaired) electrons. The van der Waals surface area contributed by atoms with Crippen molar-refractivity contribution in [1.29, 1.82) is 0 Å². The fourth-order valence-corrected chi connectivity index (χ4v) is 2.27. The smallest absolute Gasteiger partial charge is 0.106 e. The average Bonchev–Trinajstić information content (AvgIpc) is 2.46. The van der Waals surface area contributed by atoms with Crippen LogP contribution in [0.15, 0.2) is 65.4 Å². The number of pyridine rings is 1. The van der Waals surface area contributed by atoms with Crippen LogP contribution in [0.4, 0.5) is 5.69 Å². The van der Waals surface area contributed by atoms with Gasteiger partial charge in [0.2, 0.25) is 0 Å². The molecule has 0 amide bonds. The predicted octanol–water partition coefficient (Wildman–Crippen LogP) is 4.61. The van der Waals surface area contributed by atoms with Crippen molar-refractivity contribution in [2.45, 2.75) is 6.54 Å². The molecule has 19 heavy (non-hydrogen) atoms. The van der Waals surface area contributed by atoms with Gasteiger partial charge in [0, 0.05) is 6.54 Å². The monoisotopic (exact) mass is 312 g/mol. The molecule has 1 N–H and O–H groups in total. The van der Waals surface area contributed by atoms with Crippen molar-refractivity contribution in [1.82, 2.24) is 4.98 Å². The number of anilines is 1. The molecule has 3 heteroatoms. The van der Waals surface area contributed by atoms with Gasteiger partial charge in [-0.1, -0.05) is 36.4 Å². The molecule has 94 valence electrons. The molecule has 0 bridgehead atoms. The number of hydrogen-bond donors (Lipinski definition) is 1. The molecule has 1 heterocycles. The Hall–Kier alpha value is -1.87. The number of halogens is 1. The molecule has 0 atom stereocenters. The second-order valence-electron chi connectivity index (χ2n) is 4.40. The Kier molecular flexibility index (Phi) is 3.47. The van der Waals surface area contributed by atoms with Crippen LogP contribution >= 0.6 is 15.9 Å². The largest absolute Gasteiger partial charge is 0.380 e. The lowest BCUT2D eigenvalue weighted by Gasteiger charge is -2.07. The first kappa shape index (κ1) is 12.2. The van der Waals surface area contributed by atoms with E-state index in [0.29, 0.717) is 0 Å². The highest BCUT2D eigenvalue weighted by molar-refractivity contribution is 9.10. The molecule has 0 aliphatic carbocycles. The zero-order valence-electron chi connectivity index (χ0n) is 10.3. The van der Waals surface area contributed by atoms with Crippen LogP contribution in [0.25, 0.3) is 10.8 Å². The van der Waals surface area contributed by atoms with Crippen LogP contribution < -0.4 is 5.32 Å². The molecule has 0 aliphatic heterocycles. The van der Waals surface area contributed by atoms with Crippen molar-refractivity contribution in [2.75, 3.05) is 5.32 Å². The highest BCUT2D eigenvalue weighted by Gasteiger charge is 1.97. The minimum atomic E-state index is 0.800. The van der Waals surface area contributed by atoms with Gasteiger partial charge in [0.15, 0.2) is 0 Å². The summed E-state index contributed by atoms with van der Waals surface area (Å²) in [5.41, 5.74) is 2.29. The molecule has 0 fully saturated rings. The maximum Gasteiger partial charge on any atom is 0.106 e. The maximum atomic E-state index is 4.20. The first-order valence-electron chi connectivity index (χ1n) is 6.14. The number of hydrogen-bond acceptors (Lipinski definition) is 2. The zero-order valence-corrected chi connectivity index (χ0v) is 11.9. The van der Waals surface area contributed by atoms with E-state index in [1.807, 2.05) is 18.3 Å². The number of rotatable bonds is 3. The third-order valence-corrected chi connectivity index (χ3v) is 3.51. The lowest BCUT2D eigenvalue weighted by atomic mass is 10.1. The van der Waals surface area contributed by atoms with Crippen LogP contribution in [0.2, 0.25) is 0 Å². The third-order valence-electron chi connectivity index (χ3n) is 3.04. The fraction of sp³-hybridized carbons (Fsp3) is 0.0625. The Balaban J connectivity index is 1.76. The van der Waals surface area contributed by atoms with E-state index in [-0.39, 0.29) is 0 Å². The minimum Gasteiger partial charge on any atom is -0.380 e. The quantitative estimate of drug-likeness (QED) is 0.714. The Morgan fingerprint density at radius 1 is 0.947 bits per heavy atom. The van der Waals surface area contributed by atoms with Crippen LogP contribution in [0.3, 0.4) is 0 Å². The first-order chi connectivity index (χ1) is 9.31. The summed E-state index contributed by atoms with van der Waals surface area (Å²) in [6.45, 7) is 0.800. The van der Waals surface area contributed by atoms with Crippen LogP contribution in [0.1, 0.15) is 5.56 Å². The summed E-state index contributed by atoms with van der Waals surface area (Å²) in [6.07, 6.45) is 1.82. The number of nitrogens with zero attached hydrogens (tertiary/aromatic N) is 1.